The van der Waals surface area contributed by atoms with Crippen molar-refractivity contribution >= 4 is 0 Å². The maximum absolute atomic E-state index is 6.06. The van der Waals surface area contributed by atoms with E-state index in [2.05, 4.69) is 12.2 Å². The summed E-state index contributed by atoms with van der Waals surface area (Å²) >= 11 is 0. The maximum Gasteiger partial charge on any atom is 0.0685 e. The van der Waals surface area contributed by atoms with E-state index in [0.717, 1.165) is 12.5 Å². The Balaban J connectivity index is 1.70. The van der Waals surface area contributed by atoms with Gasteiger partial charge in [-0.2, -0.15) is 0 Å². The lowest BCUT2D eigenvalue weighted by molar-refractivity contribution is -0.0934. The van der Waals surface area contributed by atoms with Gasteiger partial charge < -0.3 is 10.1 Å². The molecule has 1 saturated heterocycles. The molecule has 1 saturated carbocycles. The van der Waals surface area contributed by atoms with E-state index in [9.17, 15) is 0 Å². The summed E-state index contributed by atoms with van der Waals surface area (Å²) in [5.74, 6) is 0.913. The smallest absolute Gasteiger partial charge is 0.0685 e. The number of ether oxygens (including phenoxy) is 1. The molecular weight excluding hydrogens is 198 g/mol. The maximum atomic E-state index is 6.06. The molecule has 1 N–H and O–H groups in total. The van der Waals surface area contributed by atoms with Crippen molar-refractivity contribution in [3.05, 3.63) is 0 Å². The Morgan fingerprint density at radius 2 is 2.06 bits per heavy atom. The van der Waals surface area contributed by atoms with Crippen molar-refractivity contribution in [2.24, 2.45) is 5.92 Å². The van der Waals surface area contributed by atoms with E-state index in [1.807, 2.05) is 0 Å². The highest BCUT2D eigenvalue weighted by Gasteiger charge is 2.39. The zero-order valence-corrected chi connectivity index (χ0v) is 10.8. The van der Waals surface area contributed by atoms with Crippen molar-refractivity contribution < 1.29 is 4.74 Å². The Labute approximate surface area is 100 Å². The van der Waals surface area contributed by atoms with Crippen LogP contribution in [-0.2, 0) is 4.74 Å². The van der Waals surface area contributed by atoms with Gasteiger partial charge in [0.2, 0.25) is 0 Å². The third-order valence-electron chi connectivity index (χ3n) is 4.27. The van der Waals surface area contributed by atoms with Crippen molar-refractivity contribution in [3.63, 3.8) is 0 Å². The van der Waals surface area contributed by atoms with Crippen molar-refractivity contribution in [2.45, 2.75) is 63.9 Å². The van der Waals surface area contributed by atoms with Gasteiger partial charge in [0, 0.05) is 6.61 Å². The Morgan fingerprint density at radius 3 is 2.81 bits per heavy atom. The molecule has 2 fully saturated rings. The molecule has 2 aliphatic rings. The molecule has 2 nitrogen and oxygen atoms in total. The molecule has 1 heterocycles. The molecule has 1 aliphatic carbocycles. The summed E-state index contributed by atoms with van der Waals surface area (Å²) in [5.41, 5.74) is 0.313. The molecule has 0 amide bonds. The van der Waals surface area contributed by atoms with Crippen molar-refractivity contribution in [1.29, 1.82) is 0 Å². The molecular formula is C14H27NO. The van der Waals surface area contributed by atoms with Crippen LogP contribution < -0.4 is 5.32 Å². The molecule has 1 atom stereocenters. The van der Waals surface area contributed by atoms with Gasteiger partial charge in [-0.1, -0.05) is 19.8 Å². The molecule has 0 radical (unpaired) electrons. The predicted octanol–water partition coefficient (Wildman–Crippen LogP) is 3.12. The second kappa shape index (κ2) is 6.02. The largest absolute Gasteiger partial charge is 0.375 e. The quantitative estimate of drug-likeness (QED) is 0.726. The van der Waals surface area contributed by atoms with Gasteiger partial charge >= 0.3 is 0 Å². The van der Waals surface area contributed by atoms with Gasteiger partial charge in [-0.3, -0.25) is 0 Å². The summed E-state index contributed by atoms with van der Waals surface area (Å²) in [6, 6.07) is 0. The lowest BCUT2D eigenvalue weighted by Gasteiger charge is -2.38. The Bertz CT molecular complexity index is 199. The molecule has 94 valence electrons. The van der Waals surface area contributed by atoms with Gasteiger partial charge in [-0.15, -0.1) is 0 Å². The van der Waals surface area contributed by atoms with E-state index in [1.54, 1.807) is 0 Å². The average molecular weight is 225 g/mol. The van der Waals surface area contributed by atoms with E-state index >= 15 is 0 Å². The summed E-state index contributed by atoms with van der Waals surface area (Å²) < 4.78 is 6.06. The lowest BCUT2D eigenvalue weighted by Crippen LogP contribution is -2.38. The Morgan fingerprint density at radius 1 is 1.25 bits per heavy atom. The number of hydrogen-bond donors (Lipinski definition) is 1. The van der Waals surface area contributed by atoms with Crippen LogP contribution in [0.1, 0.15) is 58.3 Å². The van der Waals surface area contributed by atoms with Gasteiger partial charge in [0.25, 0.3) is 0 Å². The Hall–Kier alpha value is -0.0800. The van der Waals surface area contributed by atoms with E-state index < -0.39 is 0 Å². The van der Waals surface area contributed by atoms with E-state index in [0.29, 0.717) is 5.60 Å². The summed E-state index contributed by atoms with van der Waals surface area (Å²) in [6.45, 7) is 5.62. The van der Waals surface area contributed by atoms with Crippen LogP contribution in [0.4, 0.5) is 0 Å². The van der Waals surface area contributed by atoms with Crippen LogP contribution >= 0.6 is 0 Å². The van der Waals surface area contributed by atoms with Crippen LogP contribution in [0.2, 0.25) is 0 Å². The minimum atomic E-state index is 0.313. The zero-order valence-electron chi connectivity index (χ0n) is 10.8. The molecule has 0 bridgehead atoms. The molecule has 2 rings (SSSR count). The Kier molecular flexibility index (Phi) is 4.66. The number of hydrogen-bond acceptors (Lipinski definition) is 2. The first-order valence-electron chi connectivity index (χ1n) is 7.19. The monoisotopic (exact) mass is 225 g/mol. The fourth-order valence-corrected chi connectivity index (χ4v) is 3.35. The summed E-state index contributed by atoms with van der Waals surface area (Å²) in [5, 5.41) is 3.52. The van der Waals surface area contributed by atoms with Crippen LogP contribution in [0.15, 0.2) is 0 Å². The van der Waals surface area contributed by atoms with Crippen LogP contribution in [0.3, 0.4) is 0 Å². The normalized spacial score (nSPS) is 28.7. The first-order valence-corrected chi connectivity index (χ1v) is 7.19. The van der Waals surface area contributed by atoms with Crippen molar-refractivity contribution in [1.82, 2.24) is 5.32 Å². The molecule has 16 heavy (non-hydrogen) atoms. The fraction of sp³-hybridized carbons (Fsp3) is 1.00. The van der Waals surface area contributed by atoms with E-state index in [1.165, 1.54) is 64.5 Å². The number of rotatable bonds is 5. The summed E-state index contributed by atoms with van der Waals surface area (Å²) in [4.78, 5) is 0. The average Bonchev–Trinajstić information content (AvgIpc) is 2.73. The topological polar surface area (TPSA) is 21.3 Å². The van der Waals surface area contributed by atoms with Crippen LogP contribution in [-0.4, -0.2) is 25.3 Å². The molecule has 0 aromatic heterocycles. The SMILES string of the molecule is CCCNCCC1CCOC2(CCCC2)C1. The predicted molar refractivity (Wildman–Crippen MR) is 67.7 cm³/mol. The van der Waals surface area contributed by atoms with E-state index in [-0.39, 0.29) is 0 Å². The first-order chi connectivity index (χ1) is 7.85. The zero-order chi connectivity index (χ0) is 11.3. The first kappa shape index (κ1) is 12.4. The van der Waals surface area contributed by atoms with Crippen LogP contribution in [0, 0.1) is 5.92 Å². The molecule has 0 aromatic rings. The van der Waals surface area contributed by atoms with Crippen LogP contribution in [0.5, 0.6) is 0 Å². The number of nitrogens with one attached hydrogen (secondary N) is 1. The third kappa shape index (κ3) is 3.21. The molecule has 2 heteroatoms. The summed E-state index contributed by atoms with van der Waals surface area (Å²) in [7, 11) is 0. The van der Waals surface area contributed by atoms with E-state index in [4.69, 9.17) is 4.74 Å². The van der Waals surface area contributed by atoms with Gasteiger partial charge in [-0.05, 0) is 57.5 Å². The highest BCUT2D eigenvalue weighted by Crippen LogP contribution is 2.42. The fourth-order valence-electron chi connectivity index (χ4n) is 3.35. The highest BCUT2D eigenvalue weighted by atomic mass is 16.5. The minimum absolute atomic E-state index is 0.313. The lowest BCUT2D eigenvalue weighted by atomic mass is 9.83. The standard InChI is InChI=1S/C14H27NO/c1-2-9-15-10-5-13-6-11-16-14(12-13)7-3-4-8-14/h13,15H,2-12H2,1H3. The van der Waals surface area contributed by atoms with Gasteiger partial charge in [0.15, 0.2) is 0 Å². The van der Waals surface area contributed by atoms with Gasteiger partial charge in [0.05, 0.1) is 5.60 Å². The molecule has 1 spiro atoms. The highest BCUT2D eigenvalue weighted by molar-refractivity contribution is 4.91. The molecule has 0 aromatic carbocycles. The van der Waals surface area contributed by atoms with Crippen LogP contribution in [0.25, 0.3) is 0 Å². The van der Waals surface area contributed by atoms with Gasteiger partial charge in [0.1, 0.15) is 0 Å². The second-order valence-electron chi connectivity index (χ2n) is 5.64. The van der Waals surface area contributed by atoms with Gasteiger partial charge in [-0.25, -0.2) is 0 Å². The third-order valence-corrected chi connectivity index (χ3v) is 4.27. The molecule has 1 aliphatic heterocycles. The second-order valence-corrected chi connectivity index (χ2v) is 5.64. The van der Waals surface area contributed by atoms with Crippen molar-refractivity contribution in [3.8, 4) is 0 Å². The molecule has 1 unspecified atom stereocenters. The van der Waals surface area contributed by atoms with Crippen molar-refractivity contribution in [2.75, 3.05) is 19.7 Å². The summed E-state index contributed by atoms with van der Waals surface area (Å²) in [6.07, 6.45) is 10.7. The minimum Gasteiger partial charge on any atom is -0.375 e.